The average molecular weight is 713 g/mol. The molecule has 4 aliphatic heterocycles. The molecule has 4 fully saturated rings. The summed E-state index contributed by atoms with van der Waals surface area (Å²) in [5.41, 5.74) is 7.95. The van der Waals surface area contributed by atoms with E-state index in [-0.39, 0.29) is 35.8 Å². The van der Waals surface area contributed by atoms with Crippen molar-refractivity contribution in [3.8, 4) is 0 Å². The second kappa shape index (κ2) is 13.6. The Morgan fingerprint density at radius 2 is 1.19 bits per heavy atom. The number of fused-ring (bicyclic) bond motifs is 2. The smallest absolute Gasteiger partial charge is 0.151 e. The van der Waals surface area contributed by atoms with Crippen molar-refractivity contribution in [2.75, 3.05) is 36.0 Å². The van der Waals surface area contributed by atoms with Crippen LogP contribution in [-0.4, -0.2) is 46.1 Å². The first kappa shape index (κ1) is 32.8. The fourth-order valence-electron chi connectivity index (χ4n) is 9.68. The average Bonchev–Trinajstić information content (AvgIpc) is 4.03. The number of benzene rings is 4. The van der Waals surface area contributed by atoms with Gasteiger partial charge < -0.3 is 30.4 Å². The standard InChI is InChI=1S/C43H46F2N8/c44-31-23-30(24-32(45)41(31)52-20-6-9-29(25-52)26-7-2-1-3-8-26)53-39(27-12-14-33-37(21-27)50-42(48-33)35-10-4-18-46-35)16-17-40(53)28-13-15-34-38(22-28)51-43(49-34)36-11-5-19-47-36/h1-3,7-8,12-15,21-24,29,35-36,39-40,46-47H,4-6,9-11,16-20,25H2,(H,48,50)(H,49,51)/t29?,35-,36-,39+,40+/m0/s1. The molecule has 0 aliphatic carbocycles. The third-order valence-electron chi connectivity index (χ3n) is 12.3. The first-order valence-corrected chi connectivity index (χ1v) is 19.6. The monoisotopic (exact) mass is 712 g/mol. The first-order valence-electron chi connectivity index (χ1n) is 19.6. The Morgan fingerprint density at radius 1 is 0.604 bits per heavy atom. The molecule has 6 heterocycles. The van der Waals surface area contributed by atoms with Crippen molar-refractivity contribution in [3.63, 3.8) is 0 Å². The zero-order valence-electron chi connectivity index (χ0n) is 29.9. The van der Waals surface area contributed by atoms with Crippen molar-refractivity contribution >= 4 is 33.4 Å². The van der Waals surface area contributed by atoms with Crippen LogP contribution in [0.15, 0.2) is 78.9 Å². The van der Waals surface area contributed by atoms with Gasteiger partial charge in [0.2, 0.25) is 0 Å². The highest BCUT2D eigenvalue weighted by molar-refractivity contribution is 5.78. The molecule has 4 saturated heterocycles. The lowest BCUT2D eigenvalue weighted by Crippen LogP contribution is -2.35. The topological polar surface area (TPSA) is 87.9 Å². The fraction of sp³-hybridized carbons (Fsp3) is 0.395. The summed E-state index contributed by atoms with van der Waals surface area (Å²) >= 11 is 0. The Hall–Kier alpha value is -4.80. The number of H-pyrrole nitrogens is 2. The minimum atomic E-state index is -0.506. The van der Waals surface area contributed by atoms with Crippen LogP contribution in [-0.2, 0) is 0 Å². The number of rotatable bonds is 7. The lowest BCUT2D eigenvalue weighted by molar-refractivity contribution is 0.488. The van der Waals surface area contributed by atoms with Gasteiger partial charge in [-0.3, -0.25) is 0 Å². The SMILES string of the molecule is Fc1cc(N2[C@@H](c3ccc4nc([C@@H]5CCCN5)[nH]c4c3)CC[C@@H]2c2ccc3nc([C@@H]4CCCN4)[nH]c3c2)cc(F)c1N1CCCC(c2ccccc2)C1. The lowest BCUT2D eigenvalue weighted by atomic mass is 9.90. The summed E-state index contributed by atoms with van der Waals surface area (Å²) in [6, 6.07) is 26.7. The van der Waals surface area contributed by atoms with E-state index in [4.69, 9.17) is 9.97 Å². The summed E-state index contributed by atoms with van der Waals surface area (Å²) in [5.74, 6) is 1.17. The minimum Gasteiger partial charge on any atom is -0.366 e. The highest BCUT2D eigenvalue weighted by Crippen LogP contribution is 2.49. The predicted molar refractivity (Wildman–Crippen MR) is 206 cm³/mol. The highest BCUT2D eigenvalue weighted by Gasteiger charge is 2.38. The van der Waals surface area contributed by atoms with Gasteiger partial charge in [0.1, 0.15) is 17.3 Å². The Bertz CT molecular complexity index is 2130. The number of piperidine rings is 1. The van der Waals surface area contributed by atoms with Crippen LogP contribution in [0.2, 0.25) is 0 Å². The van der Waals surface area contributed by atoms with Crippen LogP contribution in [0.5, 0.6) is 0 Å². The molecule has 10 heteroatoms. The van der Waals surface area contributed by atoms with E-state index in [1.807, 2.05) is 23.1 Å². The van der Waals surface area contributed by atoms with Crippen LogP contribution in [0.25, 0.3) is 22.1 Å². The van der Waals surface area contributed by atoms with Gasteiger partial charge >= 0.3 is 0 Å². The van der Waals surface area contributed by atoms with Gasteiger partial charge in [-0.2, -0.15) is 0 Å². The number of hydrogen-bond donors (Lipinski definition) is 4. The molecular formula is C43H46F2N8. The van der Waals surface area contributed by atoms with Crippen LogP contribution in [0.4, 0.5) is 20.2 Å². The minimum absolute atomic E-state index is 0.0838. The summed E-state index contributed by atoms with van der Waals surface area (Å²) < 4.78 is 33.0. The van der Waals surface area contributed by atoms with Crippen molar-refractivity contribution in [1.82, 2.24) is 30.6 Å². The van der Waals surface area contributed by atoms with E-state index < -0.39 is 11.6 Å². The molecule has 4 aliphatic rings. The Kier molecular flexibility index (Phi) is 8.40. The molecular weight excluding hydrogens is 667 g/mol. The molecule has 4 aromatic carbocycles. The maximum Gasteiger partial charge on any atom is 0.151 e. The van der Waals surface area contributed by atoms with Crippen molar-refractivity contribution in [1.29, 1.82) is 0 Å². The van der Waals surface area contributed by atoms with E-state index >= 15 is 8.78 Å². The molecule has 53 heavy (non-hydrogen) atoms. The second-order valence-corrected chi connectivity index (χ2v) is 15.6. The van der Waals surface area contributed by atoms with Gasteiger partial charge in [-0.1, -0.05) is 42.5 Å². The Labute approximate surface area is 308 Å². The normalized spacial score (nSPS) is 25.0. The maximum atomic E-state index is 16.5. The molecule has 10 rings (SSSR count). The molecule has 0 spiro atoms. The second-order valence-electron chi connectivity index (χ2n) is 15.6. The first-order chi connectivity index (χ1) is 26.1. The molecule has 2 aromatic heterocycles. The number of hydrogen-bond acceptors (Lipinski definition) is 6. The van der Waals surface area contributed by atoms with E-state index in [0.29, 0.717) is 18.8 Å². The number of halogens is 2. The molecule has 0 saturated carbocycles. The number of anilines is 2. The van der Waals surface area contributed by atoms with E-state index in [2.05, 4.69) is 74.0 Å². The molecule has 272 valence electrons. The van der Waals surface area contributed by atoms with Gasteiger partial charge in [-0.15, -0.1) is 0 Å². The number of nitrogens with zero attached hydrogens (tertiary/aromatic N) is 4. The van der Waals surface area contributed by atoms with Crippen LogP contribution in [0, 0.1) is 11.6 Å². The summed E-state index contributed by atoms with van der Waals surface area (Å²) in [7, 11) is 0. The zero-order valence-corrected chi connectivity index (χ0v) is 29.9. The van der Waals surface area contributed by atoms with Gasteiger partial charge in [0.15, 0.2) is 11.6 Å². The zero-order chi connectivity index (χ0) is 35.5. The van der Waals surface area contributed by atoms with Gasteiger partial charge in [-0.05, 0) is 118 Å². The van der Waals surface area contributed by atoms with Crippen molar-refractivity contribution in [3.05, 3.63) is 119 Å². The number of aromatic nitrogens is 4. The number of aromatic amines is 2. The van der Waals surface area contributed by atoms with Crippen molar-refractivity contribution < 1.29 is 8.78 Å². The largest absolute Gasteiger partial charge is 0.366 e. The molecule has 0 bridgehead atoms. The van der Waals surface area contributed by atoms with E-state index in [9.17, 15) is 0 Å². The van der Waals surface area contributed by atoms with Crippen LogP contribution < -0.4 is 20.4 Å². The molecule has 0 amide bonds. The van der Waals surface area contributed by atoms with Crippen LogP contribution in [0.3, 0.4) is 0 Å². The summed E-state index contributed by atoms with van der Waals surface area (Å²) in [6.45, 7) is 3.24. The summed E-state index contributed by atoms with van der Waals surface area (Å²) in [6.07, 6.45) is 8.02. The third kappa shape index (κ3) is 6.05. The van der Waals surface area contributed by atoms with Gasteiger partial charge in [0.05, 0.1) is 46.2 Å². The number of imidazole rings is 2. The van der Waals surface area contributed by atoms with Crippen molar-refractivity contribution in [2.24, 2.45) is 0 Å². The predicted octanol–water partition coefficient (Wildman–Crippen LogP) is 9.03. The summed E-state index contributed by atoms with van der Waals surface area (Å²) in [5, 5.41) is 7.10. The van der Waals surface area contributed by atoms with E-state index in [1.165, 1.54) is 5.56 Å². The molecule has 4 N–H and O–H groups in total. The van der Waals surface area contributed by atoms with Gasteiger partial charge in [0.25, 0.3) is 0 Å². The third-order valence-corrected chi connectivity index (χ3v) is 12.3. The number of nitrogens with one attached hydrogen (secondary N) is 4. The summed E-state index contributed by atoms with van der Waals surface area (Å²) in [4.78, 5) is 21.2. The molecule has 1 unspecified atom stereocenters. The molecule has 5 atom stereocenters. The Balaban J connectivity index is 1.02. The van der Waals surface area contributed by atoms with E-state index in [1.54, 1.807) is 12.1 Å². The van der Waals surface area contributed by atoms with E-state index in [0.717, 1.165) is 109 Å². The highest BCUT2D eigenvalue weighted by atomic mass is 19.1. The van der Waals surface area contributed by atoms with Crippen LogP contribution >= 0.6 is 0 Å². The van der Waals surface area contributed by atoms with Crippen molar-refractivity contribution in [2.45, 2.75) is 81.5 Å². The van der Waals surface area contributed by atoms with Gasteiger partial charge in [0, 0.05) is 24.7 Å². The molecule has 8 nitrogen and oxygen atoms in total. The molecule has 6 aromatic rings. The lowest BCUT2D eigenvalue weighted by Gasteiger charge is -2.36. The fourth-order valence-corrected chi connectivity index (χ4v) is 9.68. The maximum absolute atomic E-state index is 16.5. The quantitative estimate of drug-likeness (QED) is 0.132. The Morgan fingerprint density at radius 3 is 1.74 bits per heavy atom. The molecule has 0 radical (unpaired) electrons. The van der Waals surface area contributed by atoms with Gasteiger partial charge in [-0.25, -0.2) is 18.7 Å². The van der Waals surface area contributed by atoms with Crippen LogP contribution in [0.1, 0.15) is 110 Å².